The average molecular weight is 403 g/mol. The Kier molecular flexibility index (Phi) is 7.34. The van der Waals surface area contributed by atoms with Crippen molar-refractivity contribution in [3.05, 3.63) is 88.0 Å². The Morgan fingerprint density at radius 2 is 1.85 bits per heavy atom. The first-order valence-corrected chi connectivity index (χ1v) is 9.36. The number of halogens is 2. The molecule has 0 radical (unpaired) electrons. The zero-order valence-corrected chi connectivity index (χ0v) is 16.2. The lowest BCUT2D eigenvalue weighted by Crippen LogP contribution is -2.20. The maximum Gasteiger partial charge on any atom is 0.213 e. The normalized spacial score (nSPS) is 10.6. The molecule has 4 nitrogen and oxygen atoms in total. The van der Waals surface area contributed by atoms with Gasteiger partial charge in [-0.1, -0.05) is 47.5 Å². The van der Waals surface area contributed by atoms with Crippen LogP contribution < -0.4 is 14.8 Å². The van der Waals surface area contributed by atoms with Gasteiger partial charge in [0.15, 0.2) is 0 Å². The molecule has 0 atom stereocenters. The number of hydrogen-bond donors (Lipinski definition) is 1. The van der Waals surface area contributed by atoms with Gasteiger partial charge < -0.3 is 14.8 Å². The third kappa shape index (κ3) is 6.43. The Bertz CT molecular complexity index is 860. The number of nitrogens with zero attached hydrogens (tertiary/aromatic N) is 1. The van der Waals surface area contributed by atoms with Crippen LogP contribution in [0, 0.1) is 0 Å². The van der Waals surface area contributed by atoms with Crippen LogP contribution >= 0.6 is 23.2 Å². The molecule has 0 aliphatic heterocycles. The first-order valence-electron chi connectivity index (χ1n) is 8.61. The van der Waals surface area contributed by atoms with Crippen molar-refractivity contribution < 1.29 is 9.47 Å². The van der Waals surface area contributed by atoms with Crippen molar-refractivity contribution in [1.82, 2.24) is 10.3 Å². The highest BCUT2D eigenvalue weighted by atomic mass is 35.5. The van der Waals surface area contributed by atoms with E-state index in [1.165, 1.54) is 0 Å². The van der Waals surface area contributed by atoms with E-state index in [9.17, 15) is 0 Å². The van der Waals surface area contributed by atoms with E-state index in [0.717, 1.165) is 30.0 Å². The van der Waals surface area contributed by atoms with Crippen LogP contribution in [0.15, 0.2) is 66.9 Å². The Morgan fingerprint density at radius 3 is 2.67 bits per heavy atom. The van der Waals surface area contributed by atoms with Crippen molar-refractivity contribution in [3.63, 3.8) is 0 Å². The summed E-state index contributed by atoms with van der Waals surface area (Å²) in [6.45, 7) is 2.40. The van der Waals surface area contributed by atoms with Crippen LogP contribution in [0.2, 0.25) is 10.0 Å². The number of nitrogens with one attached hydrogen (secondary N) is 1. The molecular weight excluding hydrogens is 383 g/mol. The molecule has 3 aromatic rings. The molecule has 0 unspecified atom stereocenters. The predicted octanol–water partition coefficient (Wildman–Crippen LogP) is 5.14. The number of ether oxygens (including phenoxy) is 2. The third-order valence-electron chi connectivity index (χ3n) is 3.80. The van der Waals surface area contributed by atoms with E-state index in [1.807, 2.05) is 42.5 Å². The lowest BCUT2D eigenvalue weighted by molar-refractivity contribution is 0.301. The molecule has 27 heavy (non-hydrogen) atoms. The lowest BCUT2D eigenvalue weighted by Gasteiger charge is -2.10. The van der Waals surface area contributed by atoms with E-state index in [-0.39, 0.29) is 0 Å². The monoisotopic (exact) mass is 402 g/mol. The highest BCUT2D eigenvalue weighted by Gasteiger charge is 2.03. The second kappa shape index (κ2) is 10.2. The molecule has 0 bridgehead atoms. The second-order valence-electron chi connectivity index (χ2n) is 5.87. The second-order valence-corrected chi connectivity index (χ2v) is 6.71. The number of hydrogen-bond acceptors (Lipinski definition) is 4. The highest BCUT2D eigenvalue weighted by molar-refractivity contribution is 6.35. The molecule has 6 heteroatoms. The van der Waals surface area contributed by atoms with Gasteiger partial charge in [-0.3, -0.25) is 0 Å². The van der Waals surface area contributed by atoms with Crippen LogP contribution in [0.1, 0.15) is 11.1 Å². The molecule has 0 spiro atoms. The largest absolute Gasteiger partial charge is 0.489 e. The van der Waals surface area contributed by atoms with Crippen molar-refractivity contribution in [2.75, 3.05) is 13.2 Å². The number of benzene rings is 2. The molecule has 0 amide bonds. The topological polar surface area (TPSA) is 43.4 Å². The van der Waals surface area contributed by atoms with E-state index in [1.54, 1.807) is 18.3 Å². The minimum Gasteiger partial charge on any atom is -0.489 e. The van der Waals surface area contributed by atoms with Gasteiger partial charge in [-0.05, 0) is 35.9 Å². The third-order valence-corrected chi connectivity index (χ3v) is 4.39. The molecule has 0 aliphatic carbocycles. The fourth-order valence-electron chi connectivity index (χ4n) is 2.44. The summed E-state index contributed by atoms with van der Waals surface area (Å²) in [5, 5.41) is 4.56. The molecule has 0 fully saturated rings. The van der Waals surface area contributed by atoms with Crippen LogP contribution in [0.4, 0.5) is 0 Å². The molecule has 140 valence electrons. The standard InChI is InChI=1S/C21H20Cl2N2O2/c22-18-8-7-17(20(23)13-18)15-27-19-5-3-4-16(12-19)14-24-10-11-26-21-6-1-2-9-25-21/h1-9,12-13,24H,10-11,14-15H2. The highest BCUT2D eigenvalue weighted by Crippen LogP contribution is 2.23. The van der Waals surface area contributed by atoms with E-state index in [0.29, 0.717) is 29.1 Å². The minimum atomic E-state index is 0.394. The Hall–Kier alpha value is -2.27. The molecule has 0 saturated carbocycles. The number of pyridine rings is 1. The maximum absolute atomic E-state index is 6.18. The fourth-order valence-corrected chi connectivity index (χ4v) is 2.90. The zero-order valence-electron chi connectivity index (χ0n) is 14.7. The van der Waals surface area contributed by atoms with Crippen LogP contribution in [0.25, 0.3) is 0 Å². The van der Waals surface area contributed by atoms with Crippen LogP contribution in [-0.2, 0) is 13.2 Å². The van der Waals surface area contributed by atoms with Gasteiger partial charge in [0.25, 0.3) is 0 Å². The first kappa shape index (κ1) is 19.5. The molecule has 1 aromatic heterocycles. The number of aromatic nitrogens is 1. The van der Waals surface area contributed by atoms with E-state index in [2.05, 4.69) is 16.4 Å². The molecule has 2 aromatic carbocycles. The smallest absolute Gasteiger partial charge is 0.213 e. The summed E-state index contributed by atoms with van der Waals surface area (Å²) in [6.07, 6.45) is 1.71. The van der Waals surface area contributed by atoms with Crippen LogP contribution in [-0.4, -0.2) is 18.1 Å². The molecule has 1 N–H and O–H groups in total. The van der Waals surface area contributed by atoms with E-state index in [4.69, 9.17) is 32.7 Å². The summed E-state index contributed by atoms with van der Waals surface area (Å²) < 4.78 is 11.4. The van der Waals surface area contributed by atoms with Gasteiger partial charge in [0.2, 0.25) is 5.88 Å². The summed E-state index contributed by atoms with van der Waals surface area (Å²) in [4.78, 5) is 4.12. The zero-order chi connectivity index (χ0) is 18.9. The van der Waals surface area contributed by atoms with Crippen LogP contribution in [0.3, 0.4) is 0 Å². The lowest BCUT2D eigenvalue weighted by atomic mass is 10.2. The molecular formula is C21H20Cl2N2O2. The van der Waals surface area contributed by atoms with Crippen molar-refractivity contribution >= 4 is 23.2 Å². The predicted molar refractivity (Wildman–Crippen MR) is 109 cm³/mol. The van der Waals surface area contributed by atoms with Gasteiger partial charge >= 0.3 is 0 Å². The minimum absolute atomic E-state index is 0.394. The Morgan fingerprint density at radius 1 is 0.926 bits per heavy atom. The summed E-state index contributed by atoms with van der Waals surface area (Å²) in [5.74, 6) is 1.43. The van der Waals surface area contributed by atoms with Crippen molar-refractivity contribution in [2.45, 2.75) is 13.2 Å². The maximum atomic E-state index is 6.18. The summed E-state index contributed by atoms with van der Waals surface area (Å²) in [7, 11) is 0. The van der Waals surface area contributed by atoms with Crippen molar-refractivity contribution in [2.24, 2.45) is 0 Å². The van der Waals surface area contributed by atoms with Gasteiger partial charge in [0.1, 0.15) is 19.0 Å². The summed E-state index contributed by atoms with van der Waals surface area (Å²) >= 11 is 12.1. The molecule has 3 rings (SSSR count). The number of rotatable bonds is 9. The molecule has 0 saturated heterocycles. The van der Waals surface area contributed by atoms with E-state index < -0.39 is 0 Å². The van der Waals surface area contributed by atoms with E-state index >= 15 is 0 Å². The van der Waals surface area contributed by atoms with Gasteiger partial charge in [-0.15, -0.1) is 0 Å². The van der Waals surface area contributed by atoms with Gasteiger partial charge in [0, 0.05) is 41.0 Å². The average Bonchev–Trinajstić information content (AvgIpc) is 2.68. The van der Waals surface area contributed by atoms with Gasteiger partial charge in [0.05, 0.1) is 0 Å². The Labute approximate surface area is 169 Å². The fraction of sp³-hybridized carbons (Fsp3) is 0.190. The SMILES string of the molecule is Clc1ccc(COc2cccc(CNCCOc3ccccn3)c2)c(Cl)c1. The molecule has 0 aliphatic rings. The summed E-state index contributed by atoms with van der Waals surface area (Å²) in [5.41, 5.74) is 2.03. The van der Waals surface area contributed by atoms with Crippen molar-refractivity contribution in [3.8, 4) is 11.6 Å². The van der Waals surface area contributed by atoms with Gasteiger partial charge in [-0.2, -0.15) is 0 Å². The summed E-state index contributed by atoms with van der Waals surface area (Å²) in [6, 6.07) is 19.0. The first-order chi connectivity index (χ1) is 13.2. The van der Waals surface area contributed by atoms with Gasteiger partial charge in [-0.25, -0.2) is 4.98 Å². The molecule has 1 heterocycles. The van der Waals surface area contributed by atoms with Crippen LogP contribution in [0.5, 0.6) is 11.6 Å². The quantitative estimate of drug-likeness (QED) is 0.503. The Balaban J connectivity index is 1.43. The van der Waals surface area contributed by atoms with Crippen molar-refractivity contribution in [1.29, 1.82) is 0 Å².